The van der Waals surface area contributed by atoms with E-state index < -0.39 is 6.04 Å². The first-order valence-corrected chi connectivity index (χ1v) is 12.0. The van der Waals surface area contributed by atoms with Gasteiger partial charge in [0.05, 0.1) is 24.5 Å². The van der Waals surface area contributed by atoms with E-state index in [1.807, 2.05) is 42.5 Å². The fourth-order valence-electron chi connectivity index (χ4n) is 5.05. The smallest absolute Gasteiger partial charge is 0.255 e. The van der Waals surface area contributed by atoms with Gasteiger partial charge in [-0.15, -0.1) is 0 Å². The van der Waals surface area contributed by atoms with Crippen LogP contribution in [0.25, 0.3) is 22.2 Å². The van der Waals surface area contributed by atoms with E-state index >= 15 is 0 Å². The van der Waals surface area contributed by atoms with Gasteiger partial charge in [-0.3, -0.25) is 9.59 Å². The summed E-state index contributed by atoms with van der Waals surface area (Å²) in [6.45, 7) is 2.27. The molecule has 6 heteroatoms. The van der Waals surface area contributed by atoms with E-state index in [2.05, 4.69) is 47.6 Å². The summed E-state index contributed by atoms with van der Waals surface area (Å²) in [4.78, 5) is 31.9. The van der Waals surface area contributed by atoms with Crippen molar-refractivity contribution >= 4 is 22.7 Å². The zero-order valence-corrected chi connectivity index (χ0v) is 19.8. The average Bonchev–Trinajstić information content (AvgIpc) is 3.61. The van der Waals surface area contributed by atoms with Crippen molar-refractivity contribution in [1.29, 1.82) is 0 Å². The maximum absolute atomic E-state index is 13.6. The molecule has 2 N–H and O–H groups in total. The number of furan rings is 1. The standard InChI is InChI=1S/C30H25N3O3/c1-19-12-14-20(15-13-19)28-27(24-10-4-5-11-25(24)32-28)29-22-8-2-3-9-23(22)30(35)33(29)18-26(34)31-17-21-7-6-16-36-21/h2-16,29,32H,17-18H2,1H3,(H,31,34). The van der Waals surface area contributed by atoms with Crippen molar-refractivity contribution in [1.82, 2.24) is 15.2 Å². The molecule has 36 heavy (non-hydrogen) atoms. The minimum atomic E-state index is -0.407. The summed E-state index contributed by atoms with van der Waals surface area (Å²) in [5.41, 5.74) is 6.67. The zero-order chi connectivity index (χ0) is 24.6. The van der Waals surface area contributed by atoms with Gasteiger partial charge in [-0.2, -0.15) is 0 Å². The highest BCUT2D eigenvalue weighted by molar-refractivity contribution is 6.03. The lowest BCUT2D eigenvalue weighted by Gasteiger charge is -2.26. The van der Waals surface area contributed by atoms with Crippen molar-refractivity contribution in [2.24, 2.45) is 0 Å². The molecule has 0 spiro atoms. The molecule has 0 bridgehead atoms. The molecule has 0 saturated heterocycles. The first-order valence-electron chi connectivity index (χ1n) is 12.0. The fourth-order valence-corrected chi connectivity index (χ4v) is 5.05. The number of carbonyl (C=O) groups is 2. The Morgan fingerprint density at radius 2 is 1.75 bits per heavy atom. The van der Waals surface area contributed by atoms with Crippen LogP contribution in [0.2, 0.25) is 0 Å². The van der Waals surface area contributed by atoms with Gasteiger partial charge in [-0.25, -0.2) is 0 Å². The molecule has 0 radical (unpaired) electrons. The largest absolute Gasteiger partial charge is 0.467 e. The van der Waals surface area contributed by atoms with E-state index in [1.165, 1.54) is 5.56 Å². The molecule has 0 fully saturated rings. The van der Waals surface area contributed by atoms with Gasteiger partial charge in [0.1, 0.15) is 12.3 Å². The molecule has 5 aromatic rings. The van der Waals surface area contributed by atoms with Crippen LogP contribution in [0.1, 0.15) is 38.9 Å². The van der Waals surface area contributed by atoms with Crippen molar-refractivity contribution in [3.8, 4) is 11.3 Å². The number of nitrogens with one attached hydrogen (secondary N) is 2. The lowest BCUT2D eigenvalue weighted by atomic mass is 9.93. The second-order valence-corrected chi connectivity index (χ2v) is 9.10. The van der Waals surface area contributed by atoms with Gasteiger partial charge in [0.25, 0.3) is 5.91 Å². The Bertz CT molecular complexity index is 1570. The summed E-state index contributed by atoms with van der Waals surface area (Å²) in [5.74, 6) is 0.271. The van der Waals surface area contributed by atoms with Crippen molar-refractivity contribution in [3.63, 3.8) is 0 Å². The molecule has 1 unspecified atom stereocenters. The molecule has 0 saturated carbocycles. The van der Waals surface area contributed by atoms with Crippen LogP contribution in [0.15, 0.2) is 95.6 Å². The highest BCUT2D eigenvalue weighted by Crippen LogP contribution is 2.45. The number of aromatic amines is 1. The maximum atomic E-state index is 13.6. The number of rotatable bonds is 6. The first-order chi connectivity index (χ1) is 17.6. The third-order valence-corrected chi connectivity index (χ3v) is 6.77. The molecule has 3 heterocycles. The molecular weight excluding hydrogens is 450 g/mol. The molecule has 6 nitrogen and oxygen atoms in total. The molecule has 3 aromatic carbocycles. The fraction of sp³-hybridized carbons (Fsp3) is 0.133. The van der Waals surface area contributed by atoms with Gasteiger partial charge in [0.2, 0.25) is 5.91 Å². The lowest BCUT2D eigenvalue weighted by molar-refractivity contribution is -0.122. The van der Waals surface area contributed by atoms with E-state index in [1.54, 1.807) is 23.3 Å². The van der Waals surface area contributed by atoms with Crippen LogP contribution in [-0.4, -0.2) is 28.2 Å². The molecule has 0 aliphatic carbocycles. The first kappa shape index (κ1) is 21.9. The summed E-state index contributed by atoms with van der Waals surface area (Å²) < 4.78 is 5.33. The van der Waals surface area contributed by atoms with E-state index in [0.29, 0.717) is 11.3 Å². The number of H-pyrrole nitrogens is 1. The zero-order valence-electron chi connectivity index (χ0n) is 19.8. The normalized spacial score (nSPS) is 14.9. The molecular formula is C30H25N3O3. The van der Waals surface area contributed by atoms with Crippen LogP contribution in [0, 0.1) is 6.92 Å². The second-order valence-electron chi connectivity index (χ2n) is 9.10. The van der Waals surface area contributed by atoms with Crippen LogP contribution in [-0.2, 0) is 11.3 Å². The predicted molar refractivity (Wildman–Crippen MR) is 138 cm³/mol. The average molecular weight is 476 g/mol. The molecule has 2 aromatic heterocycles. The van der Waals surface area contributed by atoms with Crippen molar-refractivity contribution in [2.45, 2.75) is 19.5 Å². The number of amides is 2. The summed E-state index contributed by atoms with van der Waals surface area (Å²) in [6, 6.07) is 27.3. The summed E-state index contributed by atoms with van der Waals surface area (Å²) in [6.07, 6.45) is 1.57. The van der Waals surface area contributed by atoms with Gasteiger partial charge in [0.15, 0.2) is 0 Å². The SMILES string of the molecule is Cc1ccc(-c2[nH]c3ccccc3c2C2c3ccccc3C(=O)N2CC(=O)NCc2ccco2)cc1. The highest BCUT2D eigenvalue weighted by atomic mass is 16.3. The van der Waals surface area contributed by atoms with Gasteiger partial charge in [0, 0.05) is 22.0 Å². The number of nitrogens with zero attached hydrogens (tertiary/aromatic N) is 1. The van der Waals surface area contributed by atoms with Gasteiger partial charge in [-0.1, -0.05) is 66.2 Å². The monoisotopic (exact) mass is 475 g/mol. The van der Waals surface area contributed by atoms with Crippen LogP contribution in [0.4, 0.5) is 0 Å². The van der Waals surface area contributed by atoms with Gasteiger partial charge >= 0.3 is 0 Å². The molecule has 1 aliphatic heterocycles. The number of hydrogen-bond acceptors (Lipinski definition) is 3. The Kier molecular flexibility index (Phi) is 5.41. The Morgan fingerprint density at radius 3 is 2.56 bits per heavy atom. The van der Waals surface area contributed by atoms with E-state index in [-0.39, 0.29) is 24.9 Å². The van der Waals surface area contributed by atoms with Crippen molar-refractivity contribution in [3.05, 3.63) is 119 Å². The highest BCUT2D eigenvalue weighted by Gasteiger charge is 2.40. The molecule has 6 rings (SSSR count). The number of carbonyl (C=O) groups excluding carboxylic acids is 2. The van der Waals surface area contributed by atoms with Crippen LogP contribution in [0.5, 0.6) is 0 Å². The van der Waals surface area contributed by atoms with E-state index in [9.17, 15) is 9.59 Å². The summed E-state index contributed by atoms with van der Waals surface area (Å²) in [5, 5.41) is 3.91. The minimum Gasteiger partial charge on any atom is -0.467 e. The summed E-state index contributed by atoms with van der Waals surface area (Å²) >= 11 is 0. The summed E-state index contributed by atoms with van der Waals surface area (Å²) in [7, 11) is 0. The lowest BCUT2D eigenvalue weighted by Crippen LogP contribution is -2.39. The Hall–Kier alpha value is -4.58. The van der Waals surface area contributed by atoms with Crippen LogP contribution in [0.3, 0.4) is 0 Å². The van der Waals surface area contributed by atoms with Crippen LogP contribution < -0.4 is 5.32 Å². The number of aromatic nitrogens is 1. The number of benzene rings is 3. The minimum absolute atomic E-state index is 0.0638. The van der Waals surface area contributed by atoms with E-state index in [4.69, 9.17) is 4.42 Å². The third-order valence-electron chi connectivity index (χ3n) is 6.77. The van der Waals surface area contributed by atoms with Crippen molar-refractivity contribution in [2.75, 3.05) is 6.54 Å². The Balaban J connectivity index is 1.45. The molecule has 2 amide bonds. The number of para-hydroxylation sites is 1. The van der Waals surface area contributed by atoms with Crippen molar-refractivity contribution < 1.29 is 14.0 Å². The molecule has 178 valence electrons. The van der Waals surface area contributed by atoms with Gasteiger partial charge in [-0.05, 0) is 42.3 Å². The number of aryl methyl sites for hydroxylation is 1. The van der Waals surface area contributed by atoms with E-state index in [0.717, 1.165) is 33.3 Å². The molecule has 1 atom stereocenters. The predicted octanol–water partition coefficient (Wildman–Crippen LogP) is 5.60. The quantitative estimate of drug-likeness (QED) is 0.336. The maximum Gasteiger partial charge on any atom is 0.255 e. The number of fused-ring (bicyclic) bond motifs is 2. The Morgan fingerprint density at radius 1 is 0.972 bits per heavy atom. The topological polar surface area (TPSA) is 78.3 Å². The third kappa shape index (κ3) is 3.77. The number of hydrogen-bond donors (Lipinski definition) is 2. The van der Waals surface area contributed by atoms with Gasteiger partial charge < -0.3 is 19.6 Å². The Labute approximate surface area is 208 Å². The van der Waals surface area contributed by atoms with Crippen LogP contribution >= 0.6 is 0 Å². The second kappa shape index (κ2) is 8.89. The molecule has 1 aliphatic rings.